The highest BCUT2D eigenvalue weighted by molar-refractivity contribution is 5.87. The molecule has 164 valence electrons. The fourth-order valence-electron chi connectivity index (χ4n) is 3.54. The van der Waals surface area contributed by atoms with E-state index in [9.17, 15) is 9.59 Å². The normalized spacial score (nSPS) is 16.4. The fraction of sp³-hybridized carbons (Fsp3) is 0.231. The highest BCUT2D eigenvalue weighted by Crippen LogP contribution is 2.31. The molecule has 0 spiro atoms. The van der Waals surface area contributed by atoms with Crippen molar-refractivity contribution in [3.05, 3.63) is 108 Å². The third-order valence-electron chi connectivity index (χ3n) is 5.32. The van der Waals surface area contributed by atoms with Gasteiger partial charge in [-0.3, -0.25) is 0 Å². The van der Waals surface area contributed by atoms with E-state index in [4.69, 9.17) is 14.2 Å². The number of carbonyl (C=O) groups excluding carboxylic acids is 2. The van der Waals surface area contributed by atoms with Gasteiger partial charge in [0.2, 0.25) is 0 Å². The van der Waals surface area contributed by atoms with Crippen molar-refractivity contribution < 1.29 is 23.8 Å². The molecule has 3 aromatic rings. The predicted molar refractivity (Wildman–Crippen MR) is 119 cm³/mol. The van der Waals surface area contributed by atoms with Crippen molar-refractivity contribution in [2.75, 3.05) is 6.61 Å². The first-order valence-electron chi connectivity index (χ1n) is 10.5. The van der Waals surface area contributed by atoms with Gasteiger partial charge in [0.15, 0.2) is 5.54 Å². The van der Waals surface area contributed by atoms with Gasteiger partial charge in [-0.15, -0.1) is 0 Å². The van der Waals surface area contributed by atoms with E-state index in [1.807, 2.05) is 91.0 Å². The molecule has 1 aliphatic heterocycles. The van der Waals surface area contributed by atoms with Gasteiger partial charge in [0, 0.05) is 6.42 Å². The molecule has 6 nitrogen and oxygen atoms in total. The zero-order chi connectivity index (χ0) is 22.2. The van der Waals surface area contributed by atoms with Crippen LogP contribution in [0.3, 0.4) is 0 Å². The molecule has 0 radical (unpaired) electrons. The van der Waals surface area contributed by atoms with Crippen molar-refractivity contribution in [1.82, 2.24) is 5.32 Å². The standard InChI is InChI=1S/C26H25NO5/c28-24(31-17-21-12-6-2-7-13-21)26(23-19-30-23,16-20-10-4-1-5-11-20)27-25(29)32-18-22-14-8-3-9-15-22/h1-15,23H,16-19H2,(H,27,29)/t23-,26+/m1/s1. The van der Waals surface area contributed by atoms with Crippen LogP contribution in [0.25, 0.3) is 0 Å². The first kappa shape index (κ1) is 21.6. The van der Waals surface area contributed by atoms with Crippen LogP contribution in [0.4, 0.5) is 4.79 Å². The molecule has 0 saturated carbocycles. The molecular formula is C26H25NO5. The molecule has 1 amide bonds. The molecule has 3 aromatic carbocycles. The molecule has 0 bridgehead atoms. The van der Waals surface area contributed by atoms with Crippen molar-refractivity contribution in [1.29, 1.82) is 0 Å². The number of nitrogens with one attached hydrogen (secondary N) is 1. The zero-order valence-electron chi connectivity index (χ0n) is 17.6. The van der Waals surface area contributed by atoms with Crippen molar-refractivity contribution in [3.63, 3.8) is 0 Å². The lowest BCUT2D eigenvalue weighted by molar-refractivity contribution is -0.154. The Hall–Kier alpha value is -3.64. The van der Waals surface area contributed by atoms with Crippen LogP contribution in [0.15, 0.2) is 91.0 Å². The molecule has 0 aromatic heterocycles. The summed E-state index contributed by atoms with van der Waals surface area (Å²) < 4.78 is 16.6. The maximum atomic E-state index is 13.4. The quantitative estimate of drug-likeness (QED) is 0.409. The monoisotopic (exact) mass is 431 g/mol. The summed E-state index contributed by atoms with van der Waals surface area (Å²) in [6.07, 6.45) is -0.959. The van der Waals surface area contributed by atoms with E-state index in [1.54, 1.807) is 0 Å². The van der Waals surface area contributed by atoms with E-state index in [0.29, 0.717) is 6.61 Å². The summed E-state index contributed by atoms with van der Waals surface area (Å²) >= 11 is 0. The Morgan fingerprint density at radius 2 is 1.25 bits per heavy atom. The van der Waals surface area contributed by atoms with Gasteiger partial charge in [0.25, 0.3) is 0 Å². The number of hydrogen-bond acceptors (Lipinski definition) is 5. The number of rotatable bonds is 9. The number of carbonyl (C=O) groups is 2. The highest BCUT2D eigenvalue weighted by Gasteiger charge is 2.55. The largest absolute Gasteiger partial charge is 0.459 e. The van der Waals surface area contributed by atoms with Gasteiger partial charge in [0.05, 0.1) is 6.61 Å². The minimum atomic E-state index is -1.39. The number of epoxide rings is 1. The lowest BCUT2D eigenvalue weighted by atomic mass is 9.87. The van der Waals surface area contributed by atoms with E-state index in [0.717, 1.165) is 16.7 Å². The predicted octanol–water partition coefficient (Wildman–Crippen LogP) is 4.04. The average molecular weight is 431 g/mol. The summed E-state index contributed by atoms with van der Waals surface area (Å²) in [4.78, 5) is 26.1. The lowest BCUT2D eigenvalue weighted by Gasteiger charge is -2.31. The highest BCUT2D eigenvalue weighted by atomic mass is 16.6. The molecule has 0 aliphatic carbocycles. The maximum Gasteiger partial charge on any atom is 0.408 e. The fourth-order valence-corrected chi connectivity index (χ4v) is 3.54. The molecule has 0 unspecified atom stereocenters. The van der Waals surface area contributed by atoms with Crippen LogP contribution in [-0.4, -0.2) is 30.3 Å². The van der Waals surface area contributed by atoms with Gasteiger partial charge >= 0.3 is 12.1 Å². The van der Waals surface area contributed by atoms with Crippen LogP contribution in [0.5, 0.6) is 0 Å². The topological polar surface area (TPSA) is 77.2 Å². The van der Waals surface area contributed by atoms with Crippen LogP contribution in [0.1, 0.15) is 16.7 Å². The van der Waals surface area contributed by atoms with Crippen molar-refractivity contribution >= 4 is 12.1 Å². The van der Waals surface area contributed by atoms with Gasteiger partial charge in [-0.1, -0.05) is 91.0 Å². The van der Waals surface area contributed by atoms with Crippen LogP contribution < -0.4 is 5.32 Å². The van der Waals surface area contributed by atoms with Crippen LogP contribution in [-0.2, 0) is 38.6 Å². The summed E-state index contributed by atoms with van der Waals surface area (Å²) in [5.41, 5.74) is 1.20. The van der Waals surface area contributed by atoms with Crippen LogP contribution >= 0.6 is 0 Å². The van der Waals surface area contributed by atoms with Crippen molar-refractivity contribution in [3.8, 4) is 0 Å². The molecule has 6 heteroatoms. The first-order chi connectivity index (χ1) is 15.7. The summed E-state index contributed by atoms with van der Waals surface area (Å²) in [6.45, 7) is 0.550. The van der Waals surface area contributed by atoms with Crippen molar-refractivity contribution in [2.45, 2.75) is 31.3 Å². The molecule has 1 fully saturated rings. The summed E-state index contributed by atoms with van der Waals surface area (Å²) in [7, 11) is 0. The molecule has 1 N–H and O–H groups in total. The molecule has 4 rings (SSSR count). The van der Waals surface area contributed by atoms with Crippen LogP contribution in [0, 0.1) is 0 Å². The first-order valence-corrected chi connectivity index (χ1v) is 10.5. The number of amides is 1. The summed E-state index contributed by atoms with van der Waals surface area (Å²) in [5, 5.41) is 2.79. The number of alkyl carbamates (subject to hydrolysis) is 1. The smallest absolute Gasteiger partial charge is 0.408 e. The second kappa shape index (κ2) is 10.1. The number of esters is 1. The van der Waals surface area contributed by atoms with Gasteiger partial charge in [-0.05, 0) is 16.7 Å². The maximum absolute atomic E-state index is 13.4. The summed E-state index contributed by atoms with van der Waals surface area (Å²) in [6, 6.07) is 28.2. The van der Waals surface area contributed by atoms with E-state index in [1.165, 1.54) is 0 Å². The van der Waals surface area contributed by atoms with E-state index < -0.39 is 23.7 Å². The molecule has 2 atom stereocenters. The van der Waals surface area contributed by atoms with Gasteiger partial charge < -0.3 is 19.5 Å². The van der Waals surface area contributed by atoms with Gasteiger partial charge in [0.1, 0.15) is 19.3 Å². The van der Waals surface area contributed by atoms with E-state index in [2.05, 4.69) is 5.32 Å². The van der Waals surface area contributed by atoms with E-state index >= 15 is 0 Å². The average Bonchev–Trinajstić information content (AvgIpc) is 3.69. The SMILES string of the molecule is O=C(N[C@](Cc1ccccc1)(C(=O)OCc1ccccc1)[C@H]1CO1)OCc1ccccc1. The minimum Gasteiger partial charge on any atom is -0.459 e. The molecule has 32 heavy (non-hydrogen) atoms. The Labute approximate surface area is 187 Å². The second-order valence-corrected chi connectivity index (χ2v) is 7.70. The number of benzene rings is 3. The third kappa shape index (κ3) is 5.53. The lowest BCUT2D eigenvalue weighted by Crippen LogP contribution is -2.61. The molecule has 1 heterocycles. The zero-order valence-corrected chi connectivity index (χ0v) is 17.6. The Morgan fingerprint density at radius 3 is 1.75 bits per heavy atom. The summed E-state index contributed by atoms with van der Waals surface area (Å²) in [5.74, 6) is -0.552. The molecule has 1 saturated heterocycles. The van der Waals surface area contributed by atoms with Gasteiger partial charge in [-0.25, -0.2) is 9.59 Å². The Balaban J connectivity index is 1.51. The Bertz CT molecular complexity index is 1020. The minimum absolute atomic E-state index is 0.0959. The van der Waals surface area contributed by atoms with Crippen molar-refractivity contribution in [2.24, 2.45) is 0 Å². The van der Waals surface area contributed by atoms with Crippen LogP contribution in [0.2, 0.25) is 0 Å². The van der Waals surface area contributed by atoms with Gasteiger partial charge in [-0.2, -0.15) is 0 Å². The molecular weight excluding hydrogens is 406 g/mol. The number of ether oxygens (including phenoxy) is 3. The van der Waals surface area contributed by atoms with E-state index in [-0.39, 0.29) is 19.6 Å². The second-order valence-electron chi connectivity index (χ2n) is 7.70. The Kier molecular flexibility index (Phi) is 6.82. The number of hydrogen-bond donors (Lipinski definition) is 1. The third-order valence-corrected chi connectivity index (χ3v) is 5.32. The molecule has 1 aliphatic rings. The Morgan fingerprint density at radius 1 is 0.781 bits per heavy atom.